The summed E-state index contributed by atoms with van der Waals surface area (Å²) in [5.41, 5.74) is 26.3. The van der Waals surface area contributed by atoms with Crippen LogP contribution in [0.5, 0.6) is 0 Å². The Morgan fingerprint density at radius 1 is 0.535 bits per heavy atom. The summed E-state index contributed by atoms with van der Waals surface area (Å²) in [7, 11) is 0. The van der Waals surface area contributed by atoms with Crippen LogP contribution in [0.1, 0.15) is 149 Å². The first kappa shape index (κ1) is 37.2. The molecule has 0 radical (unpaired) electrons. The number of nitrogens with zero attached hydrogens (tertiary/aromatic N) is 2. The van der Waals surface area contributed by atoms with Crippen molar-refractivity contribution in [1.82, 2.24) is 0 Å². The fourth-order valence-corrected chi connectivity index (χ4v) is 7.22. The Kier molecular flexibility index (Phi) is 16.8. The fraction of sp³-hybridized carbons (Fsp3) is 0.600. The molecule has 0 unspecified atom stereocenters. The molecule has 3 heteroatoms. The quantitative estimate of drug-likeness (QED) is 0.100. The zero-order chi connectivity index (χ0) is 31.9. The van der Waals surface area contributed by atoms with E-state index in [9.17, 15) is 5.53 Å². The molecule has 0 spiro atoms. The van der Waals surface area contributed by atoms with Crippen LogP contribution in [0.4, 0.5) is 0 Å². The van der Waals surface area contributed by atoms with Crippen LogP contribution in [0.25, 0.3) is 16.9 Å². The van der Waals surface area contributed by atoms with Crippen LogP contribution in [0.3, 0.4) is 0 Å². The van der Waals surface area contributed by atoms with Gasteiger partial charge in [0, 0.05) is 22.3 Å². The Morgan fingerprint density at radius 2 is 0.930 bits per heavy atom. The van der Waals surface area contributed by atoms with E-state index in [-0.39, 0.29) is 0 Å². The van der Waals surface area contributed by atoms with E-state index in [0.717, 1.165) is 35.4 Å². The Hall–Kier alpha value is -1.99. The Bertz CT molecular complexity index is 1210. The molecule has 2 nitrogen and oxygen atoms in total. The van der Waals surface area contributed by atoms with Crippen molar-refractivity contribution in [2.24, 2.45) is 0 Å². The molecule has 0 aromatic heterocycles. The van der Waals surface area contributed by atoms with Crippen molar-refractivity contribution in [2.45, 2.75) is 157 Å². The van der Waals surface area contributed by atoms with Gasteiger partial charge in [0.15, 0.2) is 0 Å². The number of allylic oxidation sites excluding steroid dienone is 2. The number of aryl methyl sites for hydroxylation is 4. The number of rotatable bonds is 16. The molecule has 1 heterocycles. The Morgan fingerprint density at radius 3 is 1.35 bits per heavy atom. The van der Waals surface area contributed by atoms with Gasteiger partial charge >= 0.3 is 64.8 Å². The zero-order valence-corrected chi connectivity index (χ0v) is 30.4. The predicted octanol–water partition coefficient (Wildman–Crippen LogP) is 13.4. The second kappa shape index (κ2) is 19.4. The van der Waals surface area contributed by atoms with E-state index in [1.165, 1.54) is 124 Å². The minimum absolute atomic E-state index is 0.914. The van der Waals surface area contributed by atoms with Crippen LogP contribution >= 0.6 is 0 Å². The van der Waals surface area contributed by atoms with Gasteiger partial charge in [0.1, 0.15) is 0 Å². The van der Waals surface area contributed by atoms with Gasteiger partial charge in [-0.2, -0.15) is 0 Å². The third-order valence-electron chi connectivity index (χ3n) is 9.05. The van der Waals surface area contributed by atoms with Crippen LogP contribution in [-0.2, 0) is 14.4 Å². The molecule has 0 amide bonds. The Balaban J connectivity index is 0.000000621. The standard InChI is InChI=1S/C32H44N2.2C4H9.Ni/c1-9-11-12-13-14-15-16-30-29(10-2)31(27-17-21(3)25(7)22(4)18-27)34(33)32(30)28-19-23(5)26(8)24(6)20-28;2*1-3-4-2;/h17-20H,9-16H2,1-8H3;2*1,3-4H2,2H3;. The Labute approximate surface area is 272 Å². The van der Waals surface area contributed by atoms with Gasteiger partial charge in [-0.3, -0.25) is 0 Å². The summed E-state index contributed by atoms with van der Waals surface area (Å²) in [6, 6.07) is 9.00. The van der Waals surface area contributed by atoms with Crippen LogP contribution in [-0.4, -0.2) is 4.70 Å². The van der Waals surface area contributed by atoms with Crippen molar-refractivity contribution in [3.8, 4) is 0 Å². The topological polar surface area (TPSA) is 25.3 Å². The van der Waals surface area contributed by atoms with E-state index in [4.69, 9.17) is 0 Å². The molecule has 2 aromatic rings. The first-order chi connectivity index (χ1) is 20.6. The molecule has 0 aliphatic carbocycles. The summed E-state index contributed by atoms with van der Waals surface area (Å²) in [4.78, 5) is 0. The normalized spacial score (nSPS) is 13.3. The van der Waals surface area contributed by atoms with Crippen LogP contribution in [0.2, 0.25) is 10.8 Å². The van der Waals surface area contributed by atoms with Gasteiger partial charge in [0.25, 0.3) is 0 Å². The van der Waals surface area contributed by atoms with Gasteiger partial charge in [0.2, 0.25) is 11.4 Å². The third-order valence-corrected chi connectivity index (χ3v) is 10.4. The van der Waals surface area contributed by atoms with E-state index in [1.807, 2.05) is 14.4 Å². The molecule has 0 N–H and O–H groups in total. The second-order valence-electron chi connectivity index (χ2n) is 12.5. The van der Waals surface area contributed by atoms with Crippen molar-refractivity contribution in [3.63, 3.8) is 0 Å². The summed E-state index contributed by atoms with van der Waals surface area (Å²) in [6.07, 6.45) is 15.1. The molecule has 1 aliphatic rings. The first-order valence-electron chi connectivity index (χ1n) is 17.2. The number of hydrogen-bond acceptors (Lipinski definition) is 0. The number of unbranched alkanes of at least 4 members (excludes halogenated alkanes) is 7. The van der Waals surface area contributed by atoms with Gasteiger partial charge in [-0.15, -0.1) is 0 Å². The van der Waals surface area contributed by atoms with Gasteiger partial charge < -0.3 is 5.53 Å². The maximum atomic E-state index is 11.7. The maximum absolute atomic E-state index is 11.7. The molecular formula is C40H62N2Ni. The minimum atomic E-state index is 0.914. The average molecular weight is 630 g/mol. The predicted molar refractivity (Wildman–Crippen MR) is 186 cm³/mol. The fourth-order valence-electron chi connectivity index (χ4n) is 5.78. The SMILES string of the molecule is CCCCCCCCC1=C(c2cc(C)c(C)c(C)c2)[N+](=[N-])C(c2cc(C)c(C)c(C)c2)=C1CC.CCC[CH2][Ni][CH2]CCC. The number of benzene rings is 2. The molecule has 3 rings (SSSR count). The van der Waals surface area contributed by atoms with Crippen molar-refractivity contribution < 1.29 is 19.1 Å². The van der Waals surface area contributed by atoms with Crippen LogP contribution < -0.4 is 0 Å². The molecule has 0 fully saturated rings. The molecule has 2 aromatic carbocycles. The zero-order valence-electron chi connectivity index (χ0n) is 29.4. The average Bonchev–Trinajstić information content (AvgIpc) is 3.26. The van der Waals surface area contributed by atoms with Crippen LogP contribution in [0, 0.1) is 41.5 Å². The van der Waals surface area contributed by atoms with Gasteiger partial charge in [-0.1, -0.05) is 46.0 Å². The summed E-state index contributed by atoms with van der Waals surface area (Å²) < 4.78 is 1.51. The summed E-state index contributed by atoms with van der Waals surface area (Å²) in [6.45, 7) is 22.1. The molecule has 0 bridgehead atoms. The first-order valence-corrected chi connectivity index (χ1v) is 18.6. The van der Waals surface area contributed by atoms with Gasteiger partial charge in [-0.05, 0) is 118 Å². The van der Waals surface area contributed by atoms with E-state index in [0.29, 0.717) is 0 Å². The van der Waals surface area contributed by atoms with Crippen LogP contribution in [0.15, 0.2) is 35.4 Å². The molecule has 1 aliphatic heterocycles. The number of hydrogen-bond donors (Lipinski definition) is 0. The van der Waals surface area contributed by atoms with Crippen molar-refractivity contribution in [2.75, 3.05) is 0 Å². The van der Waals surface area contributed by atoms with E-state index >= 15 is 0 Å². The summed E-state index contributed by atoms with van der Waals surface area (Å²) in [5, 5.41) is 2.78. The molecule has 0 atom stereocenters. The van der Waals surface area contributed by atoms with E-state index < -0.39 is 0 Å². The molecule has 0 saturated carbocycles. The van der Waals surface area contributed by atoms with Crippen molar-refractivity contribution in [1.29, 1.82) is 0 Å². The third kappa shape index (κ3) is 10.6. The van der Waals surface area contributed by atoms with E-state index in [2.05, 4.69) is 93.5 Å². The second-order valence-corrected chi connectivity index (χ2v) is 14.0. The molecule has 43 heavy (non-hydrogen) atoms. The van der Waals surface area contributed by atoms with Crippen molar-refractivity contribution in [3.05, 3.63) is 85.5 Å². The van der Waals surface area contributed by atoms with E-state index in [1.54, 1.807) is 0 Å². The monoisotopic (exact) mass is 628 g/mol. The molecular weight excluding hydrogens is 567 g/mol. The summed E-state index contributed by atoms with van der Waals surface area (Å²) in [5.74, 6) is 0. The van der Waals surface area contributed by atoms with Gasteiger partial charge in [-0.25, -0.2) is 4.70 Å². The molecule has 242 valence electrons. The molecule has 0 saturated heterocycles. The van der Waals surface area contributed by atoms with Crippen molar-refractivity contribution >= 4 is 11.4 Å². The van der Waals surface area contributed by atoms with Gasteiger partial charge in [0.05, 0.1) is 0 Å². The summed E-state index contributed by atoms with van der Waals surface area (Å²) >= 11 is 1.94.